The number of alkyl halides is 3. The largest absolute Gasteiger partial charge is 0.416 e. The summed E-state index contributed by atoms with van der Waals surface area (Å²) in [5, 5.41) is 0. The van der Waals surface area contributed by atoms with Crippen LogP contribution in [0.1, 0.15) is 30.4 Å². The van der Waals surface area contributed by atoms with Crippen molar-refractivity contribution >= 4 is 5.78 Å². The fourth-order valence-corrected chi connectivity index (χ4v) is 2.14. The van der Waals surface area contributed by atoms with Gasteiger partial charge in [0, 0.05) is 25.4 Å². The lowest BCUT2D eigenvalue weighted by atomic mass is 10.1. The van der Waals surface area contributed by atoms with Crippen LogP contribution >= 0.6 is 0 Å². The molecule has 0 aliphatic carbocycles. The van der Waals surface area contributed by atoms with E-state index in [1.165, 1.54) is 0 Å². The topological polar surface area (TPSA) is 48.4 Å². The van der Waals surface area contributed by atoms with E-state index in [-0.39, 0.29) is 18.6 Å². The van der Waals surface area contributed by atoms with Crippen LogP contribution in [0, 0.1) is 0 Å². The molecule has 7 heteroatoms. The molecular formula is C14H16F3NO3. The van der Waals surface area contributed by atoms with Gasteiger partial charge in [0.05, 0.1) is 5.56 Å². The first-order valence-corrected chi connectivity index (χ1v) is 6.72. The van der Waals surface area contributed by atoms with Crippen LogP contribution in [0.2, 0.25) is 0 Å². The fourth-order valence-electron chi connectivity index (χ4n) is 2.14. The number of pyridine rings is 1. The average Bonchev–Trinajstić information content (AvgIpc) is 2.46. The number of hydrogen-bond donors (Lipinski definition) is 0. The van der Waals surface area contributed by atoms with Crippen LogP contribution in [0.15, 0.2) is 18.5 Å². The van der Waals surface area contributed by atoms with Crippen molar-refractivity contribution in [2.75, 3.05) is 13.2 Å². The Morgan fingerprint density at radius 1 is 1.43 bits per heavy atom. The standard InChI is InChI=1S/C14H16F3NO3/c15-14(16,17)12-4-5-18-8-10(12)7-11(19)9-21-13-3-1-2-6-20-13/h4-5,8,13H,1-3,6-7,9H2. The molecule has 2 rings (SSSR count). The van der Waals surface area contributed by atoms with Crippen molar-refractivity contribution in [2.24, 2.45) is 0 Å². The Morgan fingerprint density at radius 2 is 2.24 bits per heavy atom. The van der Waals surface area contributed by atoms with E-state index in [2.05, 4.69) is 4.98 Å². The normalized spacial score (nSPS) is 19.5. The number of carbonyl (C=O) groups excluding carboxylic acids is 1. The van der Waals surface area contributed by atoms with Crippen LogP contribution in [0.3, 0.4) is 0 Å². The van der Waals surface area contributed by atoms with Crippen molar-refractivity contribution in [3.8, 4) is 0 Å². The van der Waals surface area contributed by atoms with Gasteiger partial charge in [-0.1, -0.05) is 0 Å². The minimum absolute atomic E-state index is 0.136. The molecule has 1 aliphatic heterocycles. The van der Waals surface area contributed by atoms with Crippen LogP contribution in [0.4, 0.5) is 13.2 Å². The number of nitrogens with zero attached hydrogens (tertiary/aromatic N) is 1. The molecule has 1 atom stereocenters. The highest BCUT2D eigenvalue weighted by Crippen LogP contribution is 2.31. The summed E-state index contributed by atoms with van der Waals surface area (Å²) in [7, 11) is 0. The molecule has 21 heavy (non-hydrogen) atoms. The van der Waals surface area contributed by atoms with Crippen LogP contribution in [-0.4, -0.2) is 30.3 Å². The Balaban J connectivity index is 1.90. The molecule has 1 aromatic rings. The van der Waals surface area contributed by atoms with E-state index < -0.39 is 23.8 Å². The molecule has 0 aromatic carbocycles. The van der Waals surface area contributed by atoms with Gasteiger partial charge in [-0.25, -0.2) is 0 Å². The first kappa shape index (κ1) is 15.9. The Kier molecular flexibility index (Phi) is 5.30. The lowest BCUT2D eigenvalue weighted by Crippen LogP contribution is -2.26. The molecule has 1 aromatic heterocycles. The van der Waals surface area contributed by atoms with Crippen molar-refractivity contribution in [1.82, 2.24) is 4.98 Å². The van der Waals surface area contributed by atoms with E-state index in [1.54, 1.807) is 0 Å². The molecule has 0 bridgehead atoms. The highest BCUT2D eigenvalue weighted by atomic mass is 19.4. The van der Waals surface area contributed by atoms with Crippen LogP contribution in [0.25, 0.3) is 0 Å². The number of halogens is 3. The van der Waals surface area contributed by atoms with Gasteiger partial charge in [0.15, 0.2) is 12.1 Å². The predicted molar refractivity (Wildman–Crippen MR) is 67.5 cm³/mol. The van der Waals surface area contributed by atoms with Gasteiger partial charge in [-0.15, -0.1) is 0 Å². The first-order chi connectivity index (χ1) is 9.97. The van der Waals surface area contributed by atoms with Gasteiger partial charge in [0.1, 0.15) is 6.61 Å². The molecule has 0 radical (unpaired) electrons. The third-order valence-corrected chi connectivity index (χ3v) is 3.16. The summed E-state index contributed by atoms with van der Waals surface area (Å²) in [4.78, 5) is 15.4. The number of aromatic nitrogens is 1. The van der Waals surface area contributed by atoms with Gasteiger partial charge in [-0.3, -0.25) is 9.78 Å². The average molecular weight is 303 g/mol. The molecular weight excluding hydrogens is 287 g/mol. The summed E-state index contributed by atoms with van der Waals surface area (Å²) in [6, 6.07) is 0.869. The summed E-state index contributed by atoms with van der Waals surface area (Å²) in [5.41, 5.74) is -0.970. The summed E-state index contributed by atoms with van der Waals surface area (Å²) in [5.74, 6) is -0.428. The summed E-state index contributed by atoms with van der Waals surface area (Å²) < 4.78 is 48.9. The molecule has 1 saturated heterocycles. The van der Waals surface area contributed by atoms with Gasteiger partial charge >= 0.3 is 6.18 Å². The van der Waals surface area contributed by atoms with Crippen molar-refractivity contribution in [2.45, 2.75) is 38.1 Å². The molecule has 4 nitrogen and oxygen atoms in total. The fraction of sp³-hybridized carbons (Fsp3) is 0.571. The van der Waals surface area contributed by atoms with Gasteiger partial charge in [0.2, 0.25) is 0 Å². The molecule has 0 spiro atoms. The zero-order chi connectivity index (χ0) is 15.3. The van der Waals surface area contributed by atoms with Crippen molar-refractivity contribution < 1.29 is 27.4 Å². The Hall–Kier alpha value is -1.47. The smallest absolute Gasteiger partial charge is 0.353 e. The molecule has 116 valence electrons. The van der Waals surface area contributed by atoms with Crippen LogP contribution in [-0.2, 0) is 26.9 Å². The zero-order valence-corrected chi connectivity index (χ0v) is 11.4. The van der Waals surface area contributed by atoms with E-state index in [0.717, 1.165) is 31.3 Å². The third-order valence-electron chi connectivity index (χ3n) is 3.16. The quantitative estimate of drug-likeness (QED) is 0.839. The summed E-state index contributed by atoms with van der Waals surface area (Å²) in [6.07, 6.45) is -0.535. The molecule has 1 aliphatic rings. The monoisotopic (exact) mass is 303 g/mol. The van der Waals surface area contributed by atoms with Crippen molar-refractivity contribution in [3.63, 3.8) is 0 Å². The number of rotatable bonds is 5. The van der Waals surface area contributed by atoms with Gasteiger partial charge in [0.25, 0.3) is 0 Å². The minimum atomic E-state index is -4.49. The maximum Gasteiger partial charge on any atom is 0.416 e. The third kappa shape index (κ3) is 4.78. The van der Waals surface area contributed by atoms with Gasteiger partial charge in [-0.05, 0) is 30.9 Å². The van der Waals surface area contributed by atoms with Crippen molar-refractivity contribution in [3.05, 3.63) is 29.6 Å². The number of ketones is 1. The highest BCUT2D eigenvalue weighted by Gasteiger charge is 2.33. The maximum absolute atomic E-state index is 12.8. The zero-order valence-electron chi connectivity index (χ0n) is 11.4. The second kappa shape index (κ2) is 7.00. The second-order valence-electron chi connectivity index (χ2n) is 4.85. The number of ether oxygens (including phenoxy) is 2. The first-order valence-electron chi connectivity index (χ1n) is 6.72. The van der Waals surface area contributed by atoms with E-state index in [0.29, 0.717) is 13.0 Å². The summed E-state index contributed by atoms with van der Waals surface area (Å²) in [6.45, 7) is 0.330. The lowest BCUT2D eigenvalue weighted by Gasteiger charge is -2.22. The van der Waals surface area contributed by atoms with E-state index >= 15 is 0 Å². The molecule has 1 unspecified atom stereocenters. The van der Waals surface area contributed by atoms with E-state index in [1.807, 2.05) is 0 Å². The number of carbonyl (C=O) groups is 1. The molecule has 1 fully saturated rings. The van der Waals surface area contributed by atoms with E-state index in [9.17, 15) is 18.0 Å². The van der Waals surface area contributed by atoms with Gasteiger partial charge < -0.3 is 9.47 Å². The van der Waals surface area contributed by atoms with Crippen LogP contribution < -0.4 is 0 Å². The molecule has 0 amide bonds. The van der Waals surface area contributed by atoms with Crippen molar-refractivity contribution in [1.29, 1.82) is 0 Å². The van der Waals surface area contributed by atoms with E-state index in [4.69, 9.17) is 9.47 Å². The molecule has 2 heterocycles. The minimum Gasteiger partial charge on any atom is -0.353 e. The number of Topliss-reactive ketones (excluding diaryl/α,β-unsaturated/α-hetero) is 1. The number of hydrogen-bond acceptors (Lipinski definition) is 4. The maximum atomic E-state index is 12.8. The summed E-state index contributed by atoms with van der Waals surface area (Å²) >= 11 is 0. The van der Waals surface area contributed by atoms with Crippen LogP contribution in [0.5, 0.6) is 0 Å². The SMILES string of the molecule is O=C(COC1CCCCO1)Cc1cnccc1C(F)(F)F. The Morgan fingerprint density at radius 3 is 2.90 bits per heavy atom. The molecule has 0 saturated carbocycles. The second-order valence-corrected chi connectivity index (χ2v) is 4.85. The Labute approximate surface area is 120 Å². The van der Waals surface area contributed by atoms with Gasteiger partial charge in [-0.2, -0.15) is 13.2 Å². The molecule has 0 N–H and O–H groups in total. The lowest BCUT2D eigenvalue weighted by molar-refractivity contribution is -0.168. The Bertz CT molecular complexity index is 485. The predicted octanol–water partition coefficient (Wildman–Crippen LogP) is 2.76. The highest BCUT2D eigenvalue weighted by molar-refractivity contribution is 5.82.